The number of nitrogens with two attached hydrogens (primary N) is 1. The van der Waals surface area contributed by atoms with Gasteiger partial charge in [0.15, 0.2) is 0 Å². The molecule has 15 heavy (non-hydrogen) atoms. The molecule has 1 aliphatic carbocycles. The van der Waals surface area contributed by atoms with Gasteiger partial charge in [-0.05, 0) is 18.8 Å². The summed E-state index contributed by atoms with van der Waals surface area (Å²) in [7, 11) is 0. The predicted octanol–water partition coefficient (Wildman–Crippen LogP) is -1.32. The van der Waals surface area contributed by atoms with Crippen molar-refractivity contribution in [2.45, 2.75) is 31.4 Å². The summed E-state index contributed by atoms with van der Waals surface area (Å²) in [5.74, 6) is -1.24. The maximum Gasteiger partial charge on any atom is 0.305 e. The number of carbonyl (C=O) groups excluding carboxylic acids is 1. The van der Waals surface area contributed by atoms with E-state index in [4.69, 9.17) is 15.9 Å². The van der Waals surface area contributed by atoms with Gasteiger partial charge in [-0.1, -0.05) is 0 Å². The molecule has 6 heteroatoms. The minimum absolute atomic E-state index is 0.250. The van der Waals surface area contributed by atoms with Crippen LogP contribution >= 0.6 is 0 Å². The van der Waals surface area contributed by atoms with Crippen LogP contribution in [0.2, 0.25) is 0 Å². The van der Waals surface area contributed by atoms with Crippen LogP contribution in [0.15, 0.2) is 0 Å². The molecule has 0 aromatic rings. The van der Waals surface area contributed by atoms with Gasteiger partial charge in [0.05, 0.1) is 18.6 Å². The molecule has 0 aromatic heterocycles. The lowest BCUT2D eigenvalue weighted by atomic mass is 9.82. The van der Waals surface area contributed by atoms with Crippen LogP contribution in [0, 0.1) is 5.92 Å². The average Bonchev–Trinajstić information content (AvgIpc) is 2.08. The highest BCUT2D eigenvalue weighted by molar-refractivity contribution is 5.85. The van der Waals surface area contributed by atoms with Crippen LogP contribution < -0.4 is 11.1 Å². The first-order valence-electron chi connectivity index (χ1n) is 4.92. The Hall–Kier alpha value is -1.14. The fraction of sp³-hybridized carbons (Fsp3) is 0.778. The number of rotatable bonds is 5. The molecule has 1 rings (SSSR count). The summed E-state index contributed by atoms with van der Waals surface area (Å²) in [6.07, 6.45) is 0.766. The van der Waals surface area contributed by atoms with E-state index < -0.39 is 17.9 Å². The number of aliphatic carboxylic acids is 1. The van der Waals surface area contributed by atoms with Gasteiger partial charge in [0.1, 0.15) is 0 Å². The largest absolute Gasteiger partial charge is 0.481 e. The van der Waals surface area contributed by atoms with Gasteiger partial charge in [-0.2, -0.15) is 0 Å². The van der Waals surface area contributed by atoms with Gasteiger partial charge < -0.3 is 21.3 Å². The first kappa shape index (κ1) is 11.9. The van der Waals surface area contributed by atoms with Gasteiger partial charge in [0.25, 0.3) is 0 Å². The molecule has 5 N–H and O–H groups in total. The van der Waals surface area contributed by atoms with Crippen LogP contribution in [0.4, 0.5) is 0 Å². The highest BCUT2D eigenvalue weighted by Gasteiger charge is 2.27. The molecular weight excluding hydrogens is 200 g/mol. The zero-order chi connectivity index (χ0) is 11.4. The molecule has 0 aromatic carbocycles. The number of carboxylic acids is 1. The minimum Gasteiger partial charge on any atom is -0.481 e. The van der Waals surface area contributed by atoms with E-state index in [0.29, 0.717) is 25.3 Å². The van der Waals surface area contributed by atoms with Crippen molar-refractivity contribution in [2.24, 2.45) is 11.7 Å². The molecule has 1 saturated carbocycles. The third kappa shape index (κ3) is 3.85. The van der Waals surface area contributed by atoms with E-state index >= 15 is 0 Å². The summed E-state index contributed by atoms with van der Waals surface area (Å²) >= 11 is 0. The molecule has 0 radical (unpaired) electrons. The lowest BCUT2D eigenvalue weighted by Gasteiger charge is -2.31. The summed E-state index contributed by atoms with van der Waals surface area (Å²) in [5.41, 5.74) is 5.35. The Morgan fingerprint density at radius 2 is 2.07 bits per heavy atom. The Balaban J connectivity index is 2.15. The molecule has 0 heterocycles. The van der Waals surface area contributed by atoms with E-state index in [0.717, 1.165) is 0 Å². The van der Waals surface area contributed by atoms with Crippen molar-refractivity contribution in [3.8, 4) is 0 Å². The predicted molar refractivity (Wildman–Crippen MR) is 52.0 cm³/mol. The van der Waals surface area contributed by atoms with Gasteiger partial charge >= 0.3 is 5.97 Å². The smallest absolute Gasteiger partial charge is 0.305 e. The van der Waals surface area contributed by atoms with Crippen LogP contribution in [0.25, 0.3) is 0 Å². The molecular formula is C9H16N2O4. The van der Waals surface area contributed by atoms with E-state index in [-0.39, 0.29) is 12.5 Å². The van der Waals surface area contributed by atoms with E-state index in [9.17, 15) is 9.59 Å². The van der Waals surface area contributed by atoms with Crippen LogP contribution in [0.3, 0.4) is 0 Å². The van der Waals surface area contributed by atoms with Crippen molar-refractivity contribution in [2.75, 3.05) is 6.54 Å². The molecule has 0 bridgehead atoms. The third-order valence-electron chi connectivity index (χ3n) is 2.51. The second-order valence-electron chi connectivity index (χ2n) is 3.94. The number of hydrogen-bond acceptors (Lipinski definition) is 4. The van der Waals surface area contributed by atoms with Gasteiger partial charge in [-0.3, -0.25) is 9.59 Å². The fourth-order valence-corrected chi connectivity index (χ4v) is 1.52. The Labute approximate surface area is 87.5 Å². The number of carbonyl (C=O) groups is 2. The monoisotopic (exact) mass is 216 g/mol. The second kappa shape index (κ2) is 5.09. The van der Waals surface area contributed by atoms with Gasteiger partial charge in [-0.25, -0.2) is 0 Å². The average molecular weight is 216 g/mol. The standard InChI is InChI=1S/C9H16N2O4/c10-7(3-8(13)14)9(15)11-4-5-1-6(12)2-5/h5-7,12H,1-4,10H2,(H,11,15)(H,13,14). The van der Waals surface area contributed by atoms with Crippen molar-refractivity contribution >= 4 is 11.9 Å². The van der Waals surface area contributed by atoms with Crippen LogP contribution in [-0.4, -0.2) is 40.8 Å². The van der Waals surface area contributed by atoms with Crippen LogP contribution in [0.5, 0.6) is 0 Å². The maximum absolute atomic E-state index is 11.2. The topological polar surface area (TPSA) is 113 Å². The summed E-state index contributed by atoms with van der Waals surface area (Å²) in [4.78, 5) is 21.5. The molecule has 6 nitrogen and oxygen atoms in total. The number of hydrogen-bond donors (Lipinski definition) is 4. The van der Waals surface area contributed by atoms with Crippen LogP contribution in [0.1, 0.15) is 19.3 Å². The lowest BCUT2D eigenvalue weighted by molar-refractivity contribution is -0.139. The SMILES string of the molecule is NC(CC(=O)O)C(=O)NCC1CC(O)C1. The molecule has 0 saturated heterocycles. The molecule has 1 atom stereocenters. The molecule has 86 valence electrons. The van der Waals surface area contributed by atoms with Crippen molar-refractivity contribution in [1.29, 1.82) is 0 Å². The fourth-order valence-electron chi connectivity index (χ4n) is 1.52. The third-order valence-corrected chi connectivity index (χ3v) is 2.51. The minimum atomic E-state index is -1.09. The van der Waals surface area contributed by atoms with Crippen molar-refractivity contribution in [1.82, 2.24) is 5.32 Å². The highest BCUT2D eigenvalue weighted by atomic mass is 16.4. The van der Waals surface area contributed by atoms with E-state index in [1.54, 1.807) is 0 Å². The number of amides is 1. The summed E-state index contributed by atoms with van der Waals surface area (Å²) < 4.78 is 0. The number of aliphatic hydroxyl groups excluding tert-OH is 1. The Bertz CT molecular complexity index is 250. The summed E-state index contributed by atoms with van der Waals surface area (Å²) in [6.45, 7) is 0.462. The van der Waals surface area contributed by atoms with E-state index in [1.807, 2.05) is 0 Å². The van der Waals surface area contributed by atoms with Gasteiger partial charge in [-0.15, -0.1) is 0 Å². The summed E-state index contributed by atoms with van der Waals surface area (Å²) in [6, 6.07) is -0.993. The zero-order valence-electron chi connectivity index (χ0n) is 8.35. The Morgan fingerprint density at radius 1 is 1.47 bits per heavy atom. The second-order valence-corrected chi connectivity index (χ2v) is 3.94. The zero-order valence-corrected chi connectivity index (χ0v) is 8.35. The molecule has 0 aliphatic heterocycles. The van der Waals surface area contributed by atoms with Crippen molar-refractivity contribution in [3.05, 3.63) is 0 Å². The maximum atomic E-state index is 11.2. The van der Waals surface area contributed by atoms with E-state index in [2.05, 4.69) is 5.32 Å². The van der Waals surface area contributed by atoms with E-state index in [1.165, 1.54) is 0 Å². The highest BCUT2D eigenvalue weighted by Crippen LogP contribution is 2.25. The molecule has 1 unspecified atom stereocenters. The van der Waals surface area contributed by atoms with Crippen molar-refractivity contribution < 1.29 is 19.8 Å². The Morgan fingerprint density at radius 3 is 2.53 bits per heavy atom. The Kier molecular flexibility index (Phi) is 4.05. The van der Waals surface area contributed by atoms with Crippen molar-refractivity contribution in [3.63, 3.8) is 0 Å². The van der Waals surface area contributed by atoms with Crippen LogP contribution in [-0.2, 0) is 9.59 Å². The van der Waals surface area contributed by atoms with Gasteiger partial charge in [0, 0.05) is 6.54 Å². The molecule has 1 aliphatic rings. The van der Waals surface area contributed by atoms with Gasteiger partial charge in [0.2, 0.25) is 5.91 Å². The number of aliphatic hydroxyl groups is 1. The molecule has 1 amide bonds. The quantitative estimate of drug-likeness (QED) is 0.455. The summed E-state index contributed by atoms with van der Waals surface area (Å²) in [5, 5.41) is 20.0. The normalized spacial score (nSPS) is 26.5. The first-order chi connectivity index (χ1) is 6.99. The number of nitrogens with one attached hydrogen (secondary N) is 1. The number of carboxylic acid groups (broad SMARTS) is 1. The molecule has 1 fully saturated rings. The first-order valence-corrected chi connectivity index (χ1v) is 4.92. The molecule has 0 spiro atoms. The lowest BCUT2D eigenvalue weighted by Crippen LogP contribution is -2.45.